The molecule has 3 nitrogen and oxygen atoms in total. The van der Waals surface area contributed by atoms with Crippen LogP contribution in [0.15, 0.2) is 120 Å². The van der Waals surface area contributed by atoms with Crippen LogP contribution in [0.4, 0.5) is 0 Å². The summed E-state index contributed by atoms with van der Waals surface area (Å²) in [6.07, 6.45) is 4.35. The fraction of sp³-hybridized carbons (Fsp3) is 0.278. The predicted molar refractivity (Wildman–Crippen MR) is 175 cm³/mol. The topological polar surface area (TPSA) is 46.2 Å². The van der Waals surface area contributed by atoms with Gasteiger partial charge in [-0.25, -0.2) is 13.1 Å². The highest BCUT2D eigenvalue weighted by atomic mass is 32.2. The van der Waals surface area contributed by atoms with Crippen molar-refractivity contribution < 1.29 is 8.42 Å². The largest absolute Gasteiger partial charge is 0.240 e. The summed E-state index contributed by atoms with van der Waals surface area (Å²) in [6, 6.07) is 38.6. The lowest BCUT2D eigenvalue weighted by Crippen LogP contribution is -2.65. The Morgan fingerprint density at radius 2 is 1.34 bits per heavy atom. The lowest BCUT2D eigenvalue weighted by Gasteiger charge is -2.46. The van der Waals surface area contributed by atoms with Gasteiger partial charge in [-0.15, -0.1) is 0 Å². The molecule has 0 heterocycles. The molecule has 0 saturated carbocycles. The van der Waals surface area contributed by atoms with Crippen LogP contribution in [0.5, 0.6) is 0 Å². The number of aryl methyl sites for hydroxylation is 2. The minimum Gasteiger partial charge on any atom is -0.211 e. The number of rotatable bonds is 9. The van der Waals surface area contributed by atoms with Crippen molar-refractivity contribution in [2.45, 2.75) is 56.5 Å². The lowest BCUT2D eigenvalue weighted by molar-refractivity contribution is 0.570. The molecule has 0 unspecified atom stereocenters. The molecule has 0 amide bonds. The van der Waals surface area contributed by atoms with Crippen LogP contribution in [0.25, 0.3) is 5.57 Å². The summed E-state index contributed by atoms with van der Waals surface area (Å²) in [4.78, 5) is 0.310. The number of allylic oxidation sites excluding steroid dienone is 1. The fourth-order valence-electron chi connectivity index (χ4n) is 6.59. The van der Waals surface area contributed by atoms with E-state index in [1.54, 1.807) is 12.1 Å². The van der Waals surface area contributed by atoms with Crippen LogP contribution in [-0.4, -0.2) is 23.0 Å². The smallest absolute Gasteiger partial charge is 0.211 e. The Bertz CT molecular complexity index is 1570. The third-order valence-corrected chi connectivity index (χ3v) is 16.5. The first-order valence-corrected chi connectivity index (χ1v) is 18.3. The molecule has 5 rings (SSSR count). The molecular formula is C36H41NO2SSi. The summed E-state index contributed by atoms with van der Waals surface area (Å²) in [7, 11) is -6.15. The molecule has 41 heavy (non-hydrogen) atoms. The minimum atomic E-state index is -3.67. The van der Waals surface area contributed by atoms with Crippen LogP contribution >= 0.6 is 0 Å². The standard InChI is InChI=1S/C36H41NO2SSi/c1-28-22-24-31(25-23-28)40(38,39)37-26-30(35-21-13-15-29-14-11-12-20-34(29)35)27-41(36(2,3)4,32-16-7-5-8-17-32)33-18-9-6-10-19-33/h5-12,14,16-25,30,37H,13,15,26-27H2,1-4H3/t30-/m1/s1. The monoisotopic (exact) mass is 579 g/mol. The maximum absolute atomic E-state index is 13.6. The predicted octanol–water partition coefficient (Wildman–Crippen LogP) is 6.98. The van der Waals surface area contributed by atoms with E-state index in [0.717, 1.165) is 24.4 Å². The van der Waals surface area contributed by atoms with Gasteiger partial charge in [0, 0.05) is 6.54 Å². The Hall–Kier alpha value is -3.25. The zero-order valence-corrected chi connectivity index (χ0v) is 26.4. The molecule has 1 atom stereocenters. The van der Waals surface area contributed by atoms with E-state index in [1.807, 2.05) is 19.1 Å². The number of benzene rings is 4. The van der Waals surface area contributed by atoms with E-state index in [2.05, 4.69) is 116 Å². The Morgan fingerprint density at radius 3 is 1.93 bits per heavy atom. The third-order valence-electron chi connectivity index (χ3n) is 8.76. The molecule has 0 aromatic heterocycles. The normalized spacial score (nSPS) is 14.7. The van der Waals surface area contributed by atoms with Gasteiger partial charge >= 0.3 is 0 Å². The highest BCUT2D eigenvalue weighted by Gasteiger charge is 2.49. The number of nitrogens with one attached hydrogen (secondary N) is 1. The molecule has 0 bridgehead atoms. The van der Waals surface area contributed by atoms with E-state index in [1.165, 1.54) is 27.1 Å². The van der Waals surface area contributed by atoms with Gasteiger partial charge in [0.05, 0.1) is 4.90 Å². The quantitative estimate of drug-likeness (QED) is 0.217. The summed E-state index contributed by atoms with van der Waals surface area (Å²) in [6.45, 7) is 9.43. The Balaban J connectivity index is 1.64. The van der Waals surface area contributed by atoms with Crippen LogP contribution in [0.3, 0.4) is 0 Å². The van der Waals surface area contributed by atoms with E-state index in [9.17, 15) is 8.42 Å². The van der Waals surface area contributed by atoms with Crippen molar-refractivity contribution in [3.8, 4) is 0 Å². The van der Waals surface area contributed by atoms with Crippen LogP contribution < -0.4 is 15.1 Å². The van der Waals surface area contributed by atoms with Crippen molar-refractivity contribution in [1.82, 2.24) is 4.72 Å². The Morgan fingerprint density at radius 1 is 0.780 bits per heavy atom. The number of sulfonamides is 1. The number of fused-ring (bicyclic) bond motifs is 1. The molecule has 0 aliphatic heterocycles. The fourth-order valence-corrected chi connectivity index (χ4v) is 13.4. The zero-order chi connectivity index (χ0) is 29.1. The molecule has 4 aromatic carbocycles. The third kappa shape index (κ3) is 6.03. The minimum absolute atomic E-state index is 0.00276. The van der Waals surface area contributed by atoms with Crippen molar-refractivity contribution in [3.05, 3.63) is 132 Å². The Labute approximate surface area is 247 Å². The summed E-state index contributed by atoms with van der Waals surface area (Å²) in [5.74, 6) is 0.00276. The van der Waals surface area contributed by atoms with Crippen molar-refractivity contribution in [3.63, 3.8) is 0 Å². The van der Waals surface area contributed by atoms with Gasteiger partial charge in [-0.1, -0.05) is 140 Å². The van der Waals surface area contributed by atoms with Gasteiger partial charge in [0.2, 0.25) is 10.0 Å². The summed E-state index contributed by atoms with van der Waals surface area (Å²) in [5.41, 5.74) is 4.92. The molecule has 1 aliphatic rings. The summed E-state index contributed by atoms with van der Waals surface area (Å²) in [5, 5.41) is 2.74. The highest BCUT2D eigenvalue weighted by Crippen LogP contribution is 2.44. The maximum Gasteiger partial charge on any atom is 0.240 e. The van der Waals surface area contributed by atoms with Crippen molar-refractivity contribution in [2.24, 2.45) is 5.92 Å². The van der Waals surface area contributed by atoms with Crippen molar-refractivity contribution >= 4 is 34.0 Å². The first-order valence-electron chi connectivity index (χ1n) is 14.6. The molecule has 0 fully saturated rings. The molecular weight excluding hydrogens is 539 g/mol. The van der Waals surface area contributed by atoms with Crippen molar-refractivity contribution in [2.75, 3.05) is 6.54 Å². The molecule has 1 N–H and O–H groups in total. The van der Waals surface area contributed by atoms with E-state index in [4.69, 9.17) is 0 Å². The SMILES string of the molecule is Cc1ccc(S(=O)(=O)NC[C@H](C[Si](c2ccccc2)(c2ccccc2)C(C)(C)C)C2=CCCc3ccccc32)cc1. The van der Waals surface area contributed by atoms with Gasteiger partial charge in [-0.2, -0.15) is 0 Å². The van der Waals surface area contributed by atoms with Crippen LogP contribution in [-0.2, 0) is 16.4 Å². The second-order valence-electron chi connectivity index (χ2n) is 12.3. The van der Waals surface area contributed by atoms with Gasteiger partial charge in [0.15, 0.2) is 0 Å². The molecule has 1 aliphatic carbocycles. The van der Waals surface area contributed by atoms with Gasteiger partial charge in [-0.3, -0.25) is 0 Å². The van der Waals surface area contributed by atoms with Gasteiger partial charge < -0.3 is 0 Å². The van der Waals surface area contributed by atoms with Crippen LogP contribution in [0.1, 0.15) is 43.9 Å². The van der Waals surface area contributed by atoms with E-state index >= 15 is 0 Å². The number of hydrogen-bond donors (Lipinski definition) is 1. The van der Waals surface area contributed by atoms with Gasteiger partial charge in [0.1, 0.15) is 8.07 Å². The average molecular weight is 580 g/mol. The second kappa shape index (κ2) is 11.9. The molecule has 0 spiro atoms. The number of hydrogen-bond acceptors (Lipinski definition) is 2. The molecule has 5 heteroatoms. The van der Waals surface area contributed by atoms with Crippen molar-refractivity contribution in [1.29, 1.82) is 0 Å². The van der Waals surface area contributed by atoms with Crippen LogP contribution in [0, 0.1) is 12.8 Å². The van der Waals surface area contributed by atoms with Crippen LogP contribution in [0.2, 0.25) is 11.1 Å². The van der Waals surface area contributed by atoms with E-state index in [-0.39, 0.29) is 11.0 Å². The van der Waals surface area contributed by atoms with E-state index < -0.39 is 18.1 Å². The lowest BCUT2D eigenvalue weighted by atomic mass is 9.84. The molecule has 0 saturated heterocycles. The summed E-state index contributed by atoms with van der Waals surface area (Å²) >= 11 is 0. The van der Waals surface area contributed by atoms with Gasteiger partial charge in [-0.05, 0) is 65.6 Å². The molecule has 4 aromatic rings. The average Bonchev–Trinajstić information content (AvgIpc) is 2.98. The Kier molecular flexibility index (Phi) is 8.51. The van der Waals surface area contributed by atoms with Gasteiger partial charge in [0.25, 0.3) is 0 Å². The molecule has 212 valence electrons. The van der Waals surface area contributed by atoms with E-state index in [0.29, 0.717) is 11.4 Å². The first kappa shape index (κ1) is 29.2. The summed E-state index contributed by atoms with van der Waals surface area (Å²) < 4.78 is 30.2. The molecule has 0 radical (unpaired) electrons. The second-order valence-corrected chi connectivity index (χ2v) is 18.9. The zero-order valence-electron chi connectivity index (χ0n) is 24.6. The first-order chi connectivity index (χ1) is 19.6. The highest BCUT2D eigenvalue weighted by molar-refractivity contribution is 7.89. The maximum atomic E-state index is 13.6.